The number of methoxy groups -OCH3 is 1. The van der Waals surface area contributed by atoms with E-state index in [4.69, 9.17) is 9.47 Å². The van der Waals surface area contributed by atoms with Gasteiger partial charge in [-0.05, 0) is 61.1 Å². The summed E-state index contributed by atoms with van der Waals surface area (Å²) in [4.78, 5) is 16.7. The average molecular weight is 566 g/mol. The molecule has 8 heteroatoms. The van der Waals surface area contributed by atoms with Crippen LogP contribution >= 0.6 is 24.0 Å². The second-order valence-corrected chi connectivity index (χ2v) is 7.95. The van der Waals surface area contributed by atoms with Crippen molar-refractivity contribution in [1.29, 1.82) is 0 Å². The Kier molecular flexibility index (Phi) is 11.5. The third-order valence-corrected chi connectivity index (χ3v) is 5.57. The minimum absolute atomic E-state index is 0. The molecule has 0 saturated carbocycles. The van der Waals surface area contributed by atoms with E-state index in [-0.39, 0.29) is 36.0 Å². The van der Waals surface area contributed by atoms with Gasteiger partial charge in [0.15, 0.2) is 5.96 Å². The number of hydrogen-bond donors (Lipinski definition) is 3. The summed E-state index contributed by atoms with van der Waals surface area (Å²) >= 11 is 0. The normalized spacial score (nSPS) is 15.5. The zero-order valence-electron chi connectivity index (χ0n) is 19.6. The number of carbonyl (C=O) groups excluding carboxylic acids is 1. The van der Waals surface area contributed by atoms with Gasteiger partial charge in [-0.1, -0.05) is 24.3 Å². The van der Waals surface area contributed by atoms with Gasteiger partial charge in [0.05, 0.1) is 13.2 Å². The molecule has 1 aliphatic rings. The number of aryl methyl sites for hydroxylation is 1. The predicted octanol–water partition coefficient (Wildman–Crippen LogP) is 3.44. The molecule has 1 saturated heterocycles. The van der Waals surface area contributed by atoms with Crippen LogP contribution in [0.5, 0.6) is 5.75 Å². The van der Waals surface area contributed by atoms with Crippen molar-refractivity contribution >= 4 is 35.8 Å². The molecule has 0 spiro atoms. The fourth-order valence-corrected chi connectivity index (χ4v) is 3.69. The van der Waals surface area contributed by atoms with Crippen molar-refractivity contribution in [2.45, 2.75) is 38.8 Å². The van der Waals surface area contributed by atoms with Crippen molar-refractivity contribution in [2.75, 3.05) is 33.9 Å². The number of guanidine groups is 1. The molecule has 33 heavy (non-hydrogen) atoms. The molecule has 1 heterocycles. The Hall–Kier alpha value is -2.33. The summed E-state index contributed by atoms with van der Waals surface area (Å²) in [5.41, 5.74) is 4.00. The van der Waals surface area contributed by atoms with Crippen LogP contribution in [0.4, 0.5) is 0 Å². The topological polar surface area (TPSA) is 84.0 Å². The molecule has 1 amide bonds. The van der Waals surface area contributed by atoms with E-state index >= 15 is 0 Å². The first-order valence-corrected chi connectivity index (χ1v) is 11.2. The standard InChI is InChI=1S/C25H34N4O3.HI/c1-18-9-10-19(15-23(18)31-3)11-12-27-25(26-2)29-16-20-6-4-7-21(14-20)24(30)28-17-22-8-5-13-32-22;/h4,6-7,9-10,14-15,22H,5,8,11-13,16-17H2,1-3H3,(H,28,30)(H2,26,27,29);1H. The number of ether oxygens (including phenoxy) is 2. The molecule has 2 aromatic rings. The number of rotatable bonds is 9. The van der Waals surface area contributed by atoms with Crippen LogP contribution in [0.2, 0.25) is 0 Å². The van der Waals surface area contributed by atoms with Gasteiger partial charge in [-0.2, -0.15) is 0 Å². The van der Waals surface area contributed by atoms with Crippen LogP contribution in [0.15, 0.2) is 47.5 Å². The second kappa shape index (κ2) is 14.0. The second-order valence-electron chi connectivity index (χ2n) is 7.95. The average Bonchev–Trinajstić information content (AvgIpc) is 3.34. The van der Waals surface area contributed by atoms with Crippen LogP contribution in [0.1, 0.15) is 39.9 Å². The highest BCUT2D eigenvalue weighted by Crippen LogP contribution is 2.19. The Morgan fingerprint density at radius 1 is 1.15 bits per heavy atom. The molecule has 0 aromatic heterocycles. The van der Waals surface area contributed by atoms with Crippen molar-refractivity contribution < 1.29 is 14.3 Å². The van der Waals surface area contributed by atoms with Gasteiger partial charge in [0.25, 0.3) is 5.91 Å². The number of hydrogen-bond acceptors (Lipinski definition) is 4. The molecule has 1 unspecified atom stereocenters. The number of benzene rings is 2. The summed E-state index contributed by atoms with van der Waals surface area (Å²) in [6, 6.07) is 13.9. The van der Waals surface area contributed by atoms with E-state index in [0.717, 1.165) is 55.3 Å². The Morgan fingerprint density at radius 2 is 2.00 bits per heavy atom. The lowest BCUT2D eigenvalue weighted by molar-refractivity contribution is 0.0857. The minimum atomic E-state index is -0.0709. The highest BCUT2D eigenvalue weighted by molar-refractivity contribution is 14.0. The van der Waals surface area contributed by atoms with E-state index in [1.807, 2.05) is 31.2 Å². The van der Waals surface area contributed by atoms with E-state index in [1.54, 1.807) is 14.2 Å². The summed E-state index contributed by atoms with van der Waals surface area (Å²) in [6.07, 6.45) is 3.07. The Bertz CT molecular complexity index is 930. The van der Waals surface area contributed by atoms with Crippen LogP contribution in [0.3, 0.4) is 0 Å². The summed E-state index contributed by atoms with van der Waals surface area (Å²) in [7, 11) is 3.44. The van der Waals surface area contributed by atoms with Gasteiger partial charge in [-0.3, -0.25) is 9.79 Å². The smallest absolute Gasteiger partial charge is 0.251 e. The molecule has 180 valence electrons. The number of nitrogens with zero attached hydrogens (tertiary/aromatic N) is 1. The van der Waals surface area contributed by atoms with Gasteiger partial charge >= 0.3 is 0 Å². The SMILES string of the molecule is CN=C(NCCc1ccc(C)c(OC)c1)NCc1cccc(C(=O)NCC2CCCO2)c1.I. The molecular weight excluding hydrogens is 531 g/mol. The van der Waals surface area contributed by atoms with Crippen molar-refractivity contribution in [3.63, 3.8) is 0 Å². The molecule has 0 radical (unpaired) electrons. The number of halogens is 1. The maximum absolute atomic E-state index is 12.5. The molecule has 1 atom stereocenters. The van der Waals surface area contributed by atoms with Crippen LogP contribution in [0.25, 0.3) is 0 Å². The lowest BCUT2D eigenvalue weighted by Crippen LogP contribution is -2.38. The molecule has 7 nitrogen and oxygen atoms in total. The van der Waals surface area contributed by atoms with Gasteiger partial charge in [-0.25, -0.2) is 0 Å². The molecule has 1 fully saturated rings. The van der Waals surface area contributed by atoms with Crippen LogP contribution in [0, 0.1) is 6.92 Å². The molecule has 1 aliphatic heterocycles. The number of aliphatic imine (C=N–C) groups is 1. The van der Waals surface area contributed by atoms with E-state index < -0.39 is 0 Å². The number of nitrogens with one attached hydrogen (secondary N) is 3. The number of carbonyl (C=O) groups is 1. The lowest BCUT2D eigenvalue weighted by Gasteiger charge is -2.14. The third kappa shape index (κ3) is 8.51. The predicted molar refractivity (Wildman–Crippen MR) is 143 cm³/mol. The van der Waals surface area contributed by atoms with E-state index in [2.05, 4.69) is 39.1 Å². The maximum atomic E-state index is 12.5. The van der Waals surface area contributed by atoms with Crippen LogP contribution in [-0.4, -0.2) is 51.8 Å². The highest BCUT2D eigenvalue weighted by atomic mass is 127. The van der Waals surface area contributed by atoms with E-state index in [9.17, 15) is 4.79 Å². The van der Waals surface area contributed by atoms with Crippen molar-refractivity contribution in [1.82, 2.24) is 16.0 Å². The fraction of sp³-hybridized carbons (Fsp3) is 0.440. The first-order chi connectivity index (χ1) is 15.6. The van der Waals surface area contributed by atoms with Crippen molar-refractivity contribution in [2.24, 2.45) is 4.99 Å². The largest absolute Gasteiger partial charge is 0.496 e. The van der Waals surface area contributed by atoms with E-state index in [0.29, 0.717) is 18.7 Å². The molecule has 3 rings (SSSR count). The van der Waals surface area contributed by atoms with Gasteiger partial charge in [-0.15, -0.1) is 24.0 Å². The third-order valence-electron chi connectivity index (χ3n) is 5.57. The summed E-state index contributed by atoms with van der Waals surface area (Å²) in [5, 5.41) is 9.61. The minimum Gasteiger partial charge on any atom is -0.496 e. The number of amides is 1. The molecular formula is C25H35IN4O3. The monoisotopic (exact) mass is 566 g/mol. The van der Waals surface area contributed by atoms with Crippen molar-refractivity contribution in [3.8, 4) is 5.75 Å². The first kappa shape index (κ1) is 26.9. The van der Waals surface area contributed by atoms with Crippen molar-refractivity contribution in [3.05, 3.63) is 64.7 Å². The molecule has 0 aliphatic carbocycles. The Labute approximate surface area is 213 Å². The summed E-state index contributed by atoms with van der Waals surface area (Å²) in [5.74, 6) is 1.56. The molecule has 2 aromatic carbocycles. The van der Waals surface area contributed by atoms with Gasteiger partial charge < -0.3 is 25.4 Å². The van der Waals surface area contributed by atoms with E-state index in [1.165, 1.54) is 5.56 Å². The molecule has 0 bridgehead atoms. The van der Waals surface area contributed by atoms with Gasteiger partial charge in [0, 0.05) is 38.9 Å². The zero-order chi connectivity index (χ0) is 22.8. The fourth-order valence-electron chi connectivity index (χ4n) is 3.69. The summed E-state index contributed by atoms with van der Waals surface area (Å²) < 4.78 is 11.0. The Balaban J connectivity index is 0.00000385. The highest BCUT2D eigenvalue weighted by Gasteiger charge is 2.16. The Morgan fingerprint density at radius 3 is 2.73 bits per heavy atom. The van der Waals surface area contributed by atoms with Gasteiger partial charge in [0.1, 0.15) is 5.75 Å². The van der Waals surface area contributed by atoms with Crippen LogP contribution in [-0.2, 0) is 17.7 Å². The summed E-state index contributed by atoms with van der Waals surface area (Å²) in [6.45, 7) is 4.71. The quantitative estimate of drug-likeness (QED) is 0.246. The maximum Gasteiger partial charge on any atom is 0.251 e. The van der Waals surface area contributed by atoms with Crippen LogP contribution < -0.4 is 20.7 Å². The first-order valence-electron chi connectivity index (χ1n) is 11.2. The zero-order valence-corrected chi connectivity index (χ0v) is 22.0. The lowest BCUT2D eigenvalue weighted by atomic mass is 10.1. The molecule has 3 N–H and O–H groups in total. The van der Waals surface area contributed by atoms with Gasteiger partial charge in [0.2, 0.25) is 0 Å².